The molecule has 230 valence electrons. The van der Waals surface area contributed by atoms with Crippen LogP contribution in [0.25, 0.3) is 0 Å². The lowest BCUT2D eigenvalue weighted by atomic mass is 9.87. The molecule has 2 aromatic rings. The monoisotopic (exact) mass is 583 g/mol. The second kappa shape index (κ2) is 12.4. The summed E-state index contributed by atoms with van der Waals surface area (Å²) in [6.45, 7) is 18.4. The number of hydrogen-bond donors (Lipinski definition) is 0. The number of halogens is 2. The average molecular weight is 584 g/mol. The standard InChI is InChI=1S/C34H47F2N3O3/c1-22-10-9-11-24(16-22)17-30(32(41)42-34(6,7)8)37-14-15-39(23(2)19-37)31(40)28-21-38(33(3,4)5)20-27(28)26-13-12-25(35)18-29(26)36/h9-13,16,18,23,27-28,30H,14-15,17,19-21H2,1-8H3/t23-,27-,28+,30-/m0/s1. The van der Waals surface area contributed by atoms with Gasteiger partial charge in [-0.2, -0.15) is 0 Å². The Morgan fingerprint density at radius 2 is 1.69 bits per heavy atom. The molecule has 2 saturated heterocycles. The van der Waals surface area contributed by atoms with Crippen LogP contribution in [0.3, 0.4) is 0 Å². The second-order valence-corrected chi connectivity index (χ2v) is 14.1. The predicted molar refractivity (Wildman–Crippen MR) is 161 cm³/mol. The number of carbonyl (C=O) groups is 2. The van der Waals surface area contributed by atoms with Crippen molar-refractivity contribution in [3.63, 3.8) is 0 Å². The predicted octanol–water partition coefficient (Wildman–Crippen LogP) is 5.57. The van der Waals surface area contributed by atoms with E-state index < -0.39 is 29.2 Å². The van der Waals surface area contributed by atoms with E-state index in [-0.39, 0.29) is 29.4 Å². The molecular weight excluding hydrogens is 536 g/mol. The van der Waals surface area contributed by atoms with E-state index in [0.29, 0.717) is 44.7 Å². The van der Waals surface area contributed by atoms with Gasteiger partial charge < -0.3 is 9.64 Å². The molecule has 42 heavy (non-hydrogen) atoms. The summed E-state index contributed by atoms with van der Waals surface area (Å²) in [6.07, 6.45) is 0.520. The highest BCUT2D eigenvalue weighted by atomic mass is 19.1. The summed E-state index contributed by atoms with van der Waals surface area (Å²) in [4.78, 5) is 33.9. The molecule has 0 bridgehead atoms. The molecule has 0 unspecified atom stereocenters. The zero-order valence-corrected chi connectivity index (χ0v) is 26.4. The van der Waals surface area contributed by atoms with Crippen molar-refractivity contribution in [2.75, 3.05) is 32.7 Å². The van der Waals surface area contributed by atoms with Crippen molar-refractivity contribution in [3.05, 3.63) is 70.8 Å². The SMILES string of the molecule is Cc1cccc(C[C@@H](C(=O)OC(C)(C)C)N2CCN(C(=O)[C@@H]3CN(C(C)(C)C)C[C@H]3c3ccc(F)cc3F)[C@@H](C)C2)c1. The second-order valence-electron chi connectivity index (χ2n) is 14.1. The van der Waals surface area contributed by atoms with Crippen molar-refractivity contribution in [1.82, 2.24) is 14.7 Å². The number of benzene rings is 2. The molecule has 8 heteroatoms. The van der Waals surface area contributed by atoms with Gasteiger partial charge in [0.05, 0.1) is 5.92 Å². The van der Waals surface area contributed by atoms with Gasteiger partial charge in [0.1, 0.15) is 23.3 Å². The Morgan fingerprint density at radius 3 is 2.29 bits per heavy atom. The Bertz CT molecular complexity index is 1290. The lowest BCUT2D eigenvalue weighted by Gasteiger charge is -2.44. The van der Waals surface area contributed by atoms with Crippen LogP contribution in [-0.2, 0) is 20.7 Å². The third-order valence-corrected chi connectivity index (χ3v) is 8.52. The summed E-state index contributed by atoms with van der Waals surface area (Å²) < 4.78 is 34.6. The number of ether oxygens (including phenoxy) is 1. The lowest BCUT2D eigenvalue weighted by Crippen LogP contribution is -2.60. The molecule has 2 aliphatic heterocycles. The zero-order chi connectivity index (χ0) is 31.0. The van der Waals surface area contributed by atoms with Crippen molar-refractivity contribution in [2.24, 2.45) is 5.92 Å². The number of carbonyl (C=O) groups excluding carboxylic acids is 2. The van der Waals surface area contributed by atoms with E-state index >= 15 is 0 Å². The van der Waals surface area contributed by atoms with Gasteiger partial charge in [0, 0.05) is 56.3 Å². The Balaban J connectivity index is 1.55. The smallest absolute Gasteiger partial charge is 0.324 e. The zero-order valence-electron chi connectivity index (χ0n) is 26.4. The Labute approximate surface area is 250 Å². The molecule has 2 aliphatic rings. The van der Waals surface area contributed by atoms with E-state index in [2.05, 4.69) is 36.6 Å². The number of likely N-dealkylation sites (tertiary alicyclic amines) is 1. The normalized spacial score (nSPS) is 23.2. The number of aryl methyl sites for hydroxylation is 1. The topological polar surface area (TPSA) is 53.1 Å². The van der Waals surface area contributed by atoms with Gasteiger partial charge in [-0.25, -0.2) is 8.78 Å². The van der Waals surface area contributed by atoms with Gasteiger partial charge in [-0.15, -0.1) is 0 Å². The van der Waals surface area contributed by atoms with Gasteiger partial charge in [0.2, 0.25) is 5.91 Å². The van der Waals surface area contributed by atoms with Crippen LogP contribution in [0, 0.1) is 24.5 Å². The minimum atomic E-state index is -0.625. The first kappa shape index (κ1) is 32.1. The van der Waals surface area contributed by atoms with Crippen LogP contribution in [0.15, 0.2) is 42.5 Å². The third kappa shape index (κ3) is 7.56. The summed E-state index contributed by atoms with van der Waals surface area (Å²) in [5.41, 5.74) is 1.76. The summed E-state index contributed by atoms with van der Waals surface area (Å²) in [5.74, 6) is -2.34. The first-order chi connectivity index (χ1) is 19.5. The van der Waals surface area contributed by atoms with Crippen molar-refractivity contribution in [1.29, 1.82) is 0 Å². The fraction of sp³-hybridized carbons (Fsp3) is 0.588. The quantitative estimate of drug-likeness (QED) is 0.416. The molecule has 2 fully saturated rings. The molecule has 1 amide bonds. The van der Waals surface area contributed by atoms with Crippen molar-refractivity contribution in [3.8, 4) is 0 Å². The van der Waals surface area contributed by atoms with Crippen LogP contribution in [-0.4, -0.2) is 82.5 Å². The van der Waals surface area contributed by atoms with E-state index in [0.717, 1.165) is 17.2 Å². The maximum atomic E-state index is 15.0. The minimum Gasteiger partial charge on any atom is -0.459 e. The van der Waals surface area contributed by atoms with Gasteiger partial charge in [-0.1, -0.05) is 35.9 Å². The minimum absolute atomic E-state index is 0.0184. The maximum absolute atomic E-state index is 15.0. The molecule has 2 aromatic carbocycles. The van der Waals surface area contributed by atoms with Crippen LogP contribution in [0.5, 0.6) is 0 Å². The molecule has 2 heterocycles. The van der Waals surface area contributed by atoms with Crippen LogP contribution in [0.1, 0.15) is 71.1 Å². The first-order valence-corrected chi connectivity index (χ1v) is 15.1. The van der Waals surface area contributed by atoms with Gasteiger partial charge in [0.15, 0.2) is 0 Å². The Kier molecular flexibility index (Phi) is 9.48. The van der Waals surface area contributed by atoms with E-state index in [9.17, 15) is 18.4 Å². The highest BCUT2D eigenvalue weighted by Gasteiger charge is 2.46. The fourth-order valence-electron chi connectivity index (χ4n) is 6.32. The number of rotatable bonds is 6. The average Bonchev–Trinajstić information content (AvgIpc) is 3.32. The highest BCUT2D eigenvalue weighted by molar-refractivity contribution is 5.81. The first-order valence-electron chi connectivity index (χ1n) is 15.1. The number of amides is 1. The number of esters is 1. The van der Waals surface area contributed by atoms with E-state index in [4.69, 9.17) is 4.74 Å². The Morgan fingerprint density at radius 1 is 0.976 bits per heavy atom. The molecule has 0 aliphatic carbocycles. The third-order valence-electron chi connectivity index (χ3n) is 8.52. The van der Waals surface area contributed by atoms with E-state index in [1.54, 1.807) is 0 Å². The van der Waals surface area contributed by atoms with Crippen LogP contribution >= 0.6 is 0 Å². The number of hydrogen-bond acceptors (Lipinski definition) is 5. The molecule has 4 atom stereocenters. The lowest BCUT2D eigenvalue weighted by molar-refractivity contribution is -0.163. The van der Waals surface area contributed by atoms with Gasteiger partial charge in [-0.3, -0.25) is 19.4 Å². The fourth-order valence-corrected chi connectivity index (χ4v) is 6.32. The molecule has 0 aromatic heterocycles. The largest absolute Gasteiger partial charge is 0.459 e. The summed E-state index contributed by atoms with van der Waals surface area (Å²) >= 11 is 0. The summed E-state index contributed by atoms with van der Waals surface area (Å²) in [6, 6.07) is 11.2. The van der Waals surface area contributed by atoms with Crippen LogP contribution < -0.4 is 0 Å². The molecule has 0 saturated carbocycles. The van der Waals surface area contributed by atoms with Crippen LogP contribution in [0.4, 0.5) is 8.78 Å². The van der Waals surface area contributed by atoms with E-state index in [1.165, 1.54) is 12.1 Å². The maximum Gasteiger partial charge on any atom is 0.324 e. The van der Waals surface area contributed by atoms with Crippen LogP contribution in [0.2, 0.25) is 0 Å². The van der Waals surface area contributed by atoms with Gasteiger partial charge in [-0.05, 0) is 79.0 Å². The molecule has 0 N–H and O–H groups in total. The number of nitrogens with zero attached hydrogens (tertiary/aromatic N) is 3. The highest BCUT2D eigenvalue weighted by Crippen LogP contribution is 2.39. The molecule has 0 radical (unpaired) electrons. The molecule has 0 spiro atoms. The van der Waals surface area contributed by atoms with Crippen molar-refractivity contribution >= 4 is 11.9 Å². The molecule has 4 rings (SSSR count). The van der Waals surface area contributed by atoms with Gasteiger partial charge >= 0.3 is 5.97 Å². The molecular formula is C34H47F2N3O3. The summed E-state index contributed by atoms with van der Waals surface area (Å²) in [5, 5.41) is 0. The molecule has 6 nitrogen and oxygen atoms in total. The van der Waals surface area contributed by atoms with E-state index in [1.807, 2.05) is 57.7 Å². The van der Waals surface area contributed by atoms with Crippen molar-refractivity contribution in [2.45, 2.75) is 91.0 Å². The summed E-state index contributed by atoms with van der Waals surface area (Å²) in [7, 11) is 0. The van der Waals surface area contributed by atoms with Gasteiger partial charge in [0.25, 0.3) is 0 Å². The van der Waals surface area contributed by atoms with Crippen molar-refractivity contribution < 1.29 is 23.1 Å². The number of piperazine rings is 1. The Hall–Kier alpha value is -2.84.